The van der Waals surface area contributed by atoms with E-state index in [0.717, 1.165) is 7.11 Å². The molecule has 2 N–H and O–H groups in total. The number of rotatable bonds is 0. The summed E-state index contributed by atoms with van der Waals surface area (Å²) in [5, 5.41) is 8.25. The number of anilines is 1. The first-order valence-corrected chi connectivity index (χ1v) is 2.32. The Labute approximate surface area is 81.8 Å². The van der Waals surface area contributed by atoms with Gasteiger partial charge in [0.2, 0.25) is 0 Å². The predicted molar refractivity (Wildman–Crippen MR) is 32.4 cm³/mol. The number of hydrogen-bond donors (Lipinski definition) is 1. The Morgan fingerprint density at radius 1 is 1.50 bits per heavy atom. The summed E-state index contributed by atoms with van der Waals surface area (Å²) in [5.74, 6) is 0.509. The van der Waals surface area contributed by atoms with Gasteiger partial charge in [-0.25, -0.2) is 9.97 Å². The van der Waals surface area contributed by atoms with Gasteiger partial charge >= 0.3 is 29.6 Å². The van der Waals surface area contributed by atoms with Crippen molar-refractivity contribution < 1.29 is 34.7 Å². The molecule has 0 saturated carbocycles. The molecule has 0 atom stereocenters. The van der Waals surface area contributed by atoms with Gasteiger partial charge < -0.3 is 10.8 Å². The van der Waals surface area contributed by atoms with E-state index in [1.54, 1.807) is 12.3 Å². The SMILES string of the molecule is C[O-].Nc1ccncn1.[Na+]. The second-order valence-corrected chi connectivity index (χ2v) is 1.13. The molecule has 0 aliphatic rings. The molecule has 1 heterocycles. The van der Waals surface area contributed by atoms with Crippen molar-refractivity contribution in [2.24, 2.45) is 0 Å². The van der Waals surface area contributed by atoms with Crippen LogP contribution >= 0.6 is 0 Å². The minimum atomic E-state index is 0. The van der Waals surface area contributed by atoms with Crippen LogP contribution in [0.3, 0.4) is 0 Å². The van der Waals surface area contributed by atoms with Crippen LogP contribution in [0.25, 0.3) is 0 Å². The average Bonchev–Trinajstić information content (AvgIpc) is 1.94. The monoisotopic (exact) mass is 149 g/mol. The molecule has 0 aliphatic heterocycles. The largest absolute Gasteiger partial charge is 1.00 e. The quantitative estimate of drug-likeness (QED) is 0.382. The van der Waals surface area contributed by atoms with E-state index in [9.17, 15) is 0 Å². The predicted octanol–water partition coefficient (Wildman–Crippen LogP) is -3.96. The Hall–Kier alpha value is -0.160. The number of aromatic nitrogens is 2. The third kappa shape index (κ3) is 5.97. The molecule has 10 heavy (non-hydrogen) atoms. The fourth-order valence-electron chi connectivity index (χ4n) is 0.301. The normalized spacial score (nSPS) is 6.60. The van der Waals surface area contributed by atoms with Gasteiger partial charge in [0, 0.05) is 6.20 Å². The molecule has 5 heteroatoms. The molecular formula is C5H8N3NaO. The van der Waals surface area contributed by atoms with E-state index in [0.29, 0.717) is 5.82 Å². The second kappa shape index (κ2) is 8.84. The second-order valence-electron chi connectivity index (χ2n) is 1.13. The topological polar surface area (TPSA) is 74.9 Å². The van der Waals surface area contributed by atoms with Gasteiger partial charge in [0.05, 0.1) is 0 Å². The van der Waals surface area contributed by atoms with Gasteiger partial charge in [0.25, 0.3) is 0 Å². The Kier molecular flexibility index (Phi) is 11.1. The van der Waals surface area contributed by atoms with Gasteiger partial charge in [-0.15, -0.1) is 0 Å². The van der Waals surface area contributed by atoms with Crippen molar-refractivity contribution in [3.05, 3.63) is 18.6 Å². The summed E-state index contributed by atoms with van der Waals surface area (Å²) < 4.78 is 0. The summed E-state index contributed by atoms with van der Waals surface area (Å²) in [4.78, 5) is 7.30. The molecular weight excluding hydrogens is 141 g/mol. The van der Waals surface area contributed by atoms with E-state index in [1.165, 1.54) is 6.33 Å². The van der Waals surface area contributed by atoms with Crippen LogP contribution < -0.4 is 40.4 Å². The molecule has 0 fully saturated rings. The number of nitrogens with two attached hydrogens (primary N) is 1. The Morgan fingerprint density at radius 2 is 2.10 bits per heavy atom. The Bertz CT molecular complexity index is 147. The minimum absolute atomic E-state index is 0. The first-order valence-electron chi connectivity index (χ1n) is 2.32. The van der Waals surface area contributed by atoms with E-state index in [1.807, 2.05) is 0 Å². The molecule has 1 aromatic rings. The molecule has 0 spiro atoms. The van der Waals surface area contributed by atoms with Crippen molar-refractivity contribution in [1.29, 1.82) is 0 Å². The molecule has 0 aliphatic carbocycles. The van der Waals surface area contributed by atoms with Crippen LogP contribution in [0.5, 0.6) is 0 Å². The van der Waals surface area contributed by atoms with Crippen LogP contribution in [0.15, 0.2) is 18.6 Å². The van der Waals surface area contributed by atoms with Crippen molar-refractivity contribution in [3.63, 3.8) is 0 Å². The smallest absolute Gasteiger partial charge is 0.857 e. The van der Waals surface area contributed by atoms with Crippen molar-refractivity contribution in [1.82, 2.24) is 9.97 Å². The fourth-order valence-corrected chi connectivity index (χ4v) is 0.301. The average molecular weight is 149 g/mol. The molecule has 0 saturated heterocycles. The van der Waals surface area contributed by atoms with Gasteiger partial charge in [-0.1, -0.05) is 0 Å². The standard InChI is InChI=1S/C4H5N3.CH3O.Na/c5-4-1-2-6-3-7-4;1-2;/h1-3H,(H2,5,6,7);1H3;/q;-1;+1. The minimum Gasteiger partial charge on any atom is -0.857 e. The summed E-state index contributed by atoms with van der Waals surface area (Å²) in [7, 11) is 0.750. The molecule has 0 aromatic carbocycles. The zero-order valence-corrected chi connectivity index (χ0v) is 8.11. The maximum atomic E-state index is 8.25. The van der Waals surface area contributed by atoms with Crippen molar-refractivity contribution in [2.45, 2.75) is 0 Å². The van der Waals surface area contributed by atoms with Gasteiger partial charge in [0.1, 0.15) is 12.1 Å². The van der Waals surface area contributed by atoms with E-state index in [4.69, 9.17) is 10.8 Å². The summed E-state index contributed by atoms with van der Waals surface area (Å²) in [6.45, 7) is 0. The van der Waals surface area contributed by atoms with Crippen LogP contribution in [0.2, 0.25) is 0 Å². The zero-order chi connectivity index (χ0) is 7.11. The molecule has 0 unspecified atom stereocenters. The Morgan fingerprint density at radius 3 is 2.30 bits per heavy atom. The third-order valence-corrected chi connectivity index (χ3v) is 0.605. The van der Waals surface area contributed by atoms with Crippen molar-refractivity contribution in [2.75, 3.05) is 12.8 Å². The molecule has 0 amide bonds. The number of hydrogen-bond acceptors (Lipinski definition) is 4. The fraction of sp³-hybridized carbons (Fsp3) is 0.200. The van der Waals surface area contributed by atoms with Gasteiger partial charge in [-0.3, -0.25) is 0 Å². The third-order valence-electron chi connectivity index (χ3n) is 0.605. The molecule has 4 nitrogen and oxygen atoms in total. The Balaban J connectivity index is 0. The van der Waals surface area contributed by atoms with Gasteiger partial charge in [-0.2, -0.15) is 7.11 Å². The summed E-state index contributed by atoms with van der Waals surface area (Å²) in [6, 6.07) is 1.64. The van der Waals surface area contributed by atoms with E-state index >= 15 is 0 Å². The van der Waals surface area contributed by atoms with E-state index < -0.39 is 0 Å². The summed E-state index contributed by atoms with van der Waals surface area (Å²) in [6.07, 6.45) is 3.01. The number of nitrogen functional groups attached to an aromatic ring is 1. The van der Waals surface area contributed by atoms with Crippen molar-refractivity contribution in [3.8, 4) is 0 Å². The maximum absolute atomic E-state index is 8.25. The van der Waals surface area contributed by atoms with Gasteiger partial charge in [0.15, 0.2) is 0 Å². The molecule has 0 radical (unpaired) electrons. The molecule has 50 valence electrons. The number of nitrogens with zero attached hydrogens (tertiary/aromatic N) is 2. The van der Waals surface area contributed by atoms with Crippen LogP contribution in [-0.4, -0.2) is 17.1 Å². The summed E-state index contributed by atoms with van der Waals surface area (Å²) in [5.41, 5.74) is 5.21. The maximum Gasteiger partial charge on any atom is 1.00 e. The molecule has 1 aromatic heterocycles. The zero-order valence-electron chi connectivity index (χ0n) is 6.11. The molecule has 1 rings (SSSR count). The van der Waals surface area contributed by atoms with Crippen LogP contribution in [-0.2, 0) is 0 Å². The van der Waals surface area contributed by atoms with Crippen LogP contribution in [0, 0.1) is 0 Å². The van der Waals surface area contributed by atoms with Crippen LogP contribution in [0.4, 0.5) is 5.82 Å². The van der Waals surface area contributed by atoms with Crippen LogP contribution in [0.1, 0.15) is 0 Å². The summed E-state index contributed by atoms with van der Waals surface area (Å²) >= 11 is 0. The van der Waals surface area contributed by atoms with Gasteiger partial charge in [-0.05, 0) is 6.07 Å². The van der Waals surface area contributed by atoms with Crippen molar-refractivity contribution >= 4 is 5.82 Å². The molecule has 0 bridgehead atoms. The first-order chi connectivity index (χ1) is 4.39. The van der Waals surface area contributed by atoms with E-state index in [2.05, 4.69) is 9.97 Å². The van der Waals surface area contributed by atoms with E-state index in [-0.39, 0.29) is 29.6 Å². The first kappa shape index (κ1) is 12.5.